The van der Waals surface area contributed by atoms with E-state index in [-0.39, 0.29) is 0 Å². The maximum atomic E-state index is 10.9. The molecule has 1 rings (SSSR count). The van der Waals surface area contributed by atoms with Gasteiger partial charge in [-0.2, -0.15) is 0 Å². The first-order chi connectivity index (χ1) is 6.19. The van der Waals surface area contributed by atoms with Crippen LogP contribution in [0.15, 0.2) is 23.1 Å². The van der Waals surface area contributed by atoms with E-state index in [0.717, 1.165) is 27.9 Å². The lowest BCUT2D eigenvalue weighted by molar-refractivity contribution is 0.107. The highest BCUT2D eigenvalue weighted by molar-refractivity contribution is 8.21. The number of carbonyl (C=O) groups is 1. The fourth-order valence-electron chi connectivity index (χ4n) is 1.01. The lowest BCUT2D eigenvalue weighted by Gasteiger charge is -2.03. The highest BCUT2D eigenvalue weighted by Gasteiger charge is 2.08. The van der Waals surface area contributed by atoms with Crippen molar-refractivity contribution in [1.82, 2.24) is 0 Å². The monoisotopic (exact) mass is 234 g/mol. The molecule has 0 heterocycles. The number of rotatable bonds is 3. The van der Waals surface area contributed by atoms with Gasteiger partial charge in [0, 0.05) is 10.5 Å². The first-order valence-corrected chi connectivity index (χ1v) is 5.82. The van der Waals surface area contributed by atoms with Crippen LogP contribution in [0.25, 0.3) is 0 Å². The minimum atomic E-state index is -0.467. The van der Waals surface area contributed by atoms with E-state index < -0.39 is 5.24 Å². The van der Waals surface area contributed by atoms with Crippen molar-refractivity contribution in [1.29, 1.82) is 0 Å². The van der Waals surface area contributed by atoms with Crippen LogP contribution in [-0.4, -0.2) is 5.24 Å². The topological polar surface area (TPSA) is 17.1 Å². The molecule has 0 spiro atoms. The van der Waals surface area contributed by atoms with Gasteiger partial charge in [0.2, 0.25) is 0 Å². The van der Waals surface area contributed by atoms with Crippen LogP contribution in [0, 0.1) is 0 Å². The summed E-state index contributed by atoms with van der Waals surface area (Å²) in [6.45, 7) is 2.04. The van der Waals surface area contributed by atoms with E-state index in [1.807, 2.05) is 19.1 Å². The second kappa shape index (κ2) is 4.89. The van der Waals surface area contributed by atoms with E-state index in [0.29, 0.717) is 5.56 Å². The maximum Gasteiger partial charge on any atom is 0.253 e. The molecule has 70 valence electrons. The average Bonchev–Trinajstić information content (AvgIpc) is 2.16. The van der Waals surface area contributed by atoms with Gasteiger partial charge in [-0.25, -0.2) is 0 Å². The molecule has 13 heavy (non-hydrogen) atoms. The Balaban J connectivity index is 3.15. The van der Waals surface area contributed by atoms with Gasteiger partial charge in [-0.15, -0.1) is 0 Å². The first-order valence-electron chi connectivity index (χ1n) is 3.80. The van der Waals surface area contributed by atoms with E-state index in [2.05, 4.69) is 0 Å². The fourth-order valence-corrected chi connectivity index (χ4v) is 2.06. The Morgan fingerprint density at radius 2 is 2.23 bits per heavy atom. The number of halogens is 2. The van der Waals surface area contributed by atoms with Crippen molar-refractivity contribution in [2.24, 2.45) is 0 Å². The van der Waals surface area contributed by atoms with Gasteiger partial charge >= 0.3 is 0 Å². The van der Waals surface area contributed by atoms with Gasteiger partial charge in [0.15, 0.2) is 0 Å². The molecule has 0 atom stereocenters. The van der Waals surface area contributed by atoms with Crippen LogP contribution in [-0.2, 0) is 6.42 Å². The van der Waals surface area contributed by atoms with E-state index >= 15 is 0 Å². The van der Waals surface area contributed by atoms with Crippen molar-refractivity contribution in [3.05, 3.63) is 29.3 Å². The first kappa shape index (κ1) is 10.9. The highest BCUT2D eigenvalue weighted by Crippen LogP contribution is 2.28. The third-order valence-electron chi connectivity index (χ3n) is 1.75. The van der Waals surface area contributed by atoms with Crippen molar-refractivity contribution in [3.63, 3.8) is 0 Å². The lowest BCUT2D eigenvalue weighted by Crippen LogP contribution is -1.92. The van der Waals surface area contributed by atoms with Gasteiger partial charge < -0.3 is 0 Å². The Morgan fingerprint density at radius 1 is 1.54 bits per heavy atom. The number of benzene rings is 1. The summed E-state index contributed by atoms with van der Waals surface area (Å²) in [6, 6.07) is 5.47. The Morgan fingerprint density at radius 3 is 2.69 bits per heavy atom. The summed E-state index contributed by atoms with van der Waals surface area (Å²) >= 11 is 5.37. The van der Waals surface area contributed by atoms with Crippen LogP contribution in [0.1, 0.15) is 22.8 Å². The minimum absolute atomic E-state index is 0.467. The van der Waals surface area contributed by atoms with Crippen LogP contribution in [0.3, 0.4) is 0 Å². The van der Waals surface area contributed by atoms with Crippen molar-refractivity contribution in [2.45, 2.75) is 18.2 Å². The quantitative estimate of drug-likeness (QED) is 0.739. The van der Waals surface area contributed by atoms with Crippen LogP contribution < -0.4 is 0 Å². The van der Waals surface area contributed by atoms with Gasteiger partial charge in [0.1, 0.15) is 0 Å². The molecule has 0 aliphatic carbocycles. The molecule has 1 aromatic rings. The van der Waals surface area contributed by atoms with Crippen molar-refractivity contribution in [2.75, 3.05) is 0 Å². The Bertz CT molecular complexity index is 325. The molecular formula is C9H8Cl2OS. The second-order valence-electron chi connectivity index (χ2n) is 2.53. The molecule has 0 saturated carbocycles. The molecule has 4 heteroatoms. The third-order valence-corrected chi connectivity index (χ3v) is 2.96. The zero-order valence-corrected chi connectivity index (χ0v) is 9.34. The predicted molar refractivity (Wildman–Crippen MR) is 57.7 cm³/mol. The normalized spacial score (nSPS) is 10.1. The summed E-state index contributed by atoms with van der Waals surface area (Å²) in [6.07, 6.45) is 0.918. The summed E-state index contributed by atoms with van der Waals surface area (Å²) in [5.41, 5.74) is 1.61. The van der Waals surface area contributed by atoms with Crippen LogP contribution in [0.5, 0.6) is 0 Å². The molecule has 0 radical (unpaired) electrons. The Labute approximate surface area is 90.9 Å². The minimum Gasteiger partial charge on any atom is -0.276 e. The van der Waals surface area contributed by atoms with Crippen molar-refractivity contribution < 1.29 is 4.79 Å². The molecular weight excluding hydrogens is 227 g/mol. The molecule has 0 unspecified atom stereocenters. The number of hydrogen-bond donors (Lipinski definition) is 0. The van der Waals surface area contributed by atoms with Gasteiger partial charge in [0.25, 0.3) is 5.24 Å². The van der Waals surface area contributed by atoms with E-state index in [4.69, 9.17) is 22.3 Å². The molecule has 0 N–H and O–H groups in total. The molecule has 0 aliphatic rings. The molecule has 0 aromatic heterocycles. The highest BCUT2D eigenvalue weighted by atomic mass is 35.7. The standard InChI is InChI=1S/C9H8Cl2OS/c1-2-6-3-4-7(9(10)12)8(5-6)13-11/h3-5H,2H2,1H3. The maximum absolute atomic E-state index is 10.9. The summed E-state index contributed by atoms with van der Waals surface area (Å²) in [7, 11) is 6.63. The predicted octanol–water partition coefficient (Wildman–Crippen LogP) is 3.87. The van der Waals surface area contributed by atoms with E-state index in [9.17, 15) is 4.79 Å². The lowest BCUT2D eigenvalue weighted by atomic mass is 10.1. The van der Waals surface area contributed by atoms with Crippen LogP contribution in [0.4, 0.5) is 0 Å². The molecule has 0 amide bonds. The van der Waals surface area contributed by atoms with Crippen LogP contribution >= 0.6 is 33.3 Å². The molecule has 1 nitrogen and oxygen atoms in total. The Kier molecular flexibility index (Phi) is 4.10. The summed E-state index contributed by atoms with van der Waals surface area (Å²) in [5.74, 6) is 0. The van der Waals surface area contributed by atoms with E-state index in [1.54, 1.807) is 6.07 Å². The Hall–Kier alpha value is -0.180. The van der Waals surface area contributed by atoms with Gasteiger partial charge in [-0.3, -0.25) is 4.79 Å². The van der Waals surface area contributed by atoms with Gasteiger partial charge in [-0.1, -0.05) is 13.0 Å². The summed E-state index contributed by atoms with van der Waals surface area (Å²) < 4.78 is 0. The van der Waals surface area contributed by atoms with Gasteiger partial charge in [-0.05, 0) is 57.4 Å². The third kappa shape index (κ3) is 2.63. The van der Waals surface area contributed by atoms with Crippen molar-refractivity contribution in [3.8, 4) is 0 Å². The zero-order valence-electron chi connectivity index (χ0n) is 7.01. The largest absolute Gasteiger partial charge is 0.276 e. The summed E-state index contributed by atoms with van der Waals surface area (Å²) in [4.78, 5) is 11.6. The summed E-state index contributed by atoms with van der Waals surface area (Å²) in [5, 5.41) is -0.467. The number of aryl methyl sites for hydroxylation is 1. The molecule has 0 aliphatic heterocycles. The van der Waals surface area contributed by atoms with Crippen LogP contribution in [0.2, 0.25) is 0 Å². The number of hydrogen-bond acceptors (Lipinski definition) is 2. The SMILES string of the molecule is CCc1ccc(C(=O)Cl)c(SCl)c1. The molecule has 1 aromatic carbocycles. The molecule has 0 fully saturated rings. The molecule has 0 bridgehead atoms. The second-order valence-corrected chi connectivity index (χ2v) is 3.94. The van der Waals surface area contributed by atoms with Gasteiger partial charge in [0.05, 0.1) is 0 Å². The molecule has 0 saturated heterocycles. The fraction of sp³-hybridized carbons (Fsp3) is 0.222. The van der Waals surface area contributed by atoms with Crippen molar-refractivity contribution >= 4 is 38.5 Å². The zero-order chi connectivity index (χ0) is 9.84. The number of carbonyl (C=O) groups excluding carboxylic acids is 1. The average molecular weight is 235 g/mol. The smallest absolute Gasteiger partial charge is 0.253 e. The van der Waals surface area contributed by atoms with E-state index in [1.165, 1.54) is 0 Å².